The molecule has 1 aromatic carbocycles. The molecule has 0 saturated carbocycles. The van der Waals surface area contributed by atoms with Crippen LogP contribution in [-0.2, 0) is 9.84 Å². The number of rotatable bonds is 6. The molecule has 1 aromatic rings. The Bertz CT molecular complexity index is 523. The summed E-state index contributed by atoms with van der Waals surface area (Å²) in [6, 6.07) is 4.94. The first-order valence-electron chi connectivity index (χ1n) is 6.06. The SMILES string of the molecule is CC(C)S(=O)(=O)CCOc1ccc([C@@H](C)O)cc1Cl. The predicted molar refractivity (Wildman–Crippen MR) is 76.5 cm³/mol. The molecule has 0 aliphatic carbocycles. The minimum absolute atomic E-state index is 0.0425. The van der Waals surface area contributed by atoms with E-state index in [-0.39, 0.29) is 12.4 Å². The van der Waals surface area contributed by atoms with Crippen LogP contribution in [0.3, 0.4) is 0 Å². The van der Waals surface area contributed by atoms with Crippen molar-refractivity contribution in [2.24, 2.45) is 0 Å². The predicted octanol–water partition coefficient (Wildman–Crippen LogP) is 2.60. The van der Waals surface area contributed by atoms with Crippen LogP contribution in [0, 0.1) is 0 Å². The van der Waals surface area contributed by atoms with Crippen molar-refractivity contribution in [2.45, 2.75) is 32.1 Å². The van der Waals surface area contributed by atoms with Gasteiger partial charge in [-0.25, -0.2) is 8.42 Å². The van der Waals surface area contributed by atoms with Crippen LogP contribution in [0.15, 0.2) is 18.2 Å². The van der Waals surface area contributed by atoms with Crippen LogP contribution in [0.4, 0.5) is 0 Å². The van der Waals surface area contributed by atoms with Crippen LogP contribution >= 0.6 is 11.6 Å². The Balaban J connectivity index is 2.65. The van der Waals surface area contributed by atoms with Gasteiger partial charge in [0, 0.05) is 0 Å². The second-order valence-corrected chi connectivity index (χ2v) is 7.71. The van der Waals surface area contributed by atoms with Gasteiger partial charge in [-0.3, -0.25) is 0 Å². The van der Waals surface area contributed by atoms with Gasteiger partial charge in [0.1, 0.15) is 12.4 Å². The van der Waals surface area contributed by atoms with Crippen molar-refractivity contribution in [3.63, 3.8) is 0 Å². The van der Waals surface area contributed by atoms with Gasteiger partial charge in [-0.05, 0) is 38.5 Å². The number of ether oxygens (including phenoxy) is 1. The molecule has 0 aromatic heterocycles. The van der Waals surface area contributed by atoms with Crippen molar-refractivity contribution >= 4 is 21.4 Å². The number of aliphatic hydroxyl groups excluding tert-OH is 1. The first kappa shape index (κ1) is 16.3. The summed E-state index contributed by atoms with van der Waals surface area (Å²) >= 11 is 6.00. The Morgan fingerprint density at radius 2 is 1.95 bits per heavy atom. The molecule has 4 nitrogen and oxygen atoms in total. The molecular formula is C13H19ClO4S. The average Bonchev–Trinajstić information content (AvgIpc) is 2.30. The lowest BCUT2D eigenvalue weighted by Gasteiger charge is -2.12. The smallest absolute Gasteiger partial charge is 0.155 e. The van der Waals surface area contributed by atoms with Gasteiger partial charge >= 0.3 is 0 Å². The van der Waals surface area contributed by atoms with Crippen molar-refractivity contribution in [3.8, 4) is 5.75 Å². The van der Waals surface area contributed by atoms with E-state index in [9.17, 15) is 13.5 Å². The van der Waals surface area contributed by atoms with Gasteiger partial charge in [0.05, 0.1) is 22.1 Å². The van der Waals surface area contributed by atoms with Crippen molar-refractivity contribution < 1.29 is 18.3 Å². The molecule has 19 heavy (non-hydrogen) atoms. The Morgan fingerprint density at radius 1 is 1.32 bits per heavy atom. The zero-order valence-corrected chi connectivity index (χ0v) is 12.8. The first-order chi connectivity index (χ1) is 8.74. The van der Waals surface area contributed by atoms with Gasteiger partial charge in [-0.15, -0.1) is 0 Å². The monoisotopic (exact) mass is 306 g/mol. The first-order valence-corrected chi connectivity index (χ1v) is 8.15. The Kier molecular flexibility index (Phi) is 5.64. The van der Waals surface area contributed by atoms with Crippen molar-refractivity contribution in [3.05, 3.63) is 28.8 Å². The van der Waals surface area contributed by atoms with E-state index in [0.717, 1.165) is 0 Å². The summed E-state index contributed by atoms with van der Waals surface area (Å²) in [5.41, 5.74) is 0.687. The molecule has 0 bridgehead atoms. The van der Waals surface area contributed by atoms with Crippen LogP contribution in [0.25, 0.3) is 0 Å². The molecule has 0 amide bonds. The zero-order chi connectivity index (χ0) is 14.6. The van der Waals surface area contributed by atoms with E-state index >= 15 is 0 Å². The quantitative estimate of drug-likeness (QED) is 0.877. The standard InChI is InChI=1S/C13H19ClO4S/c1-9(2)19(16,17)7-6-18-13-5-4-11(10(3)15)8-12(13)14/h4-5,8-10,15H,6-7H2,1-3H3/t10-/m1/s1. The maximum Gasteiger partial charge on any atom is 0.155 e. The Hall–Kier alpha value is -0.780. The maximum absolute atomic E-state index is 11.6. The summed E-state index contributed by atoms with van der Waals surface area (Å²) in [6.45, 7) is 4.98. The summed E-state index contributed by atoms with van der Waals surface area (Å²) < 4.78 is 28.6. The molecule has 1 atom stereocenters. The average molecular weight is 307 g/mol. The third-order valence-corrected chi connectivity index (χ3v) is 5.25. The van der Waals surface area contributed by atoms with Gasteiger partial charge in [-0.2, -0.15) is 0 Å². The summed E-state index contributed by atoms with van der Waals surface area (Å²) in [4.78, 5) is 0. The highest BCUT2D eigenvalue weighted by atomic mass is 35.5. The lowest BCUT2D eigenvalue weighted by molar-refractivity contribution is 0.199. The molecule has 0 heterocycles. The van der Waals surface area contributed by atoms with E-state index in [4.69, 9.17) is 16.3 Å². The lowest BCUT2D eigenvalue weighted by atomic mass is 10.1. The Morgan fingerprint density at radius 3 is 2.42 bits per heavy atom. The molecular weight excluding hydrogens is 288 g/mol. The van der Waals surface area contributed by atoms with E-state index in [1.165, 1.54) is 0 Å². The van der Waals surface area contributed by atoms with Crippen LogP contribution in [-0.4, -0.2) is 31.1 Å². The molecule has 0 unspecified atom stereocenters. The number of halogens is 1. The summed E-state index contributed by atoms with van der Waals surface area (Å²) in [5.74, 6) is 0.379. The lowest BCUT2D eigenvalue weighted by Crippen LogP contribution is -2.22. The molecule has 0 spiro atoms. The van der Waals surface area contributed by atoms with Crippen LogP contribution in [0.1, 0.15) is 32.4 Å². The van der Waals surface area contributed by atoms with Crippen LogP contribution in [0.2, 0.25) is 5.02 Å². The molecule has 0 aliphatic rings. The summed E-state index contributed by atoms with van der Waals surface area (Å²) in [5, 5.41) is 9.35. The fourth-order valence-corrected chi connectivity index (χ4v) is 2.43. The van der Waals surface area contributed by atoms with Gasteiger partial charge < -0.3 is 9.84 Å². The fraction of sp³-hybridized carbons (Fsp3) is 0.538. The van der Waals surface area contributed by atoms with Gasteiger partial charge in [0.15, 0.2) is 9.84 Å². The summed E-state index contributed by atoms with van der Waals surface area (Å²) in [6.07, 6.45) is -0.604. The zero-order valence-electron chi connectivity index (χ0n) is 11.3. The molecule has 0 saturated heterocycles. The number of hydrogen-bond donors (Lipinski definition) is 1. The van der Waals surface area contributed by atoms with Crippen molar-refractivity contribution in [2.75, 3.05) is 12.4 Å². The molecule has 6 heteroatoms. The number of hydrogen-bond acceptors (Lipinski definition) is 4. The van der Waals surface area contributed by atoms with Crippen molar-refractivity contribution in [1.29, 1.82) is 0 Å². The molecule has 1 rings (SSSR count). The van der Waals surface area contributed by atoms with E-state index in [1.807, 2.05) is 0 Å². The molecule has 1 N–H and O–H groups in total. The minimum Gasteiger partial charge on any atom is -0.491 e. The van der Waals surface area contributed by atoms with Crippen LogP contribution in [0.5, 0.6) is 5.75 Å². The molecule has 0 radical (unpaired) electrons. The van der Waals surface area contributed by atoms with Gasteiger partial charge in [0.2, 0.25) is 0 Å². The highest BCUT2D eigenvalue weighted by Gasteiger charge is 2.16. The highest BCUT2D eigenvalue weighted by Crippen LogP contribution is 2.27. The largest absolute Gasteiger partial charge is 0.491 e. The number of benzene rings is 1. The van der Waals surface area contributed by atoms with Gasteiger partial charge in [0.25, 0.3) is 0 Å². The second kappa shape index (κ2) is 6.59. The topological polar surface area (TPSA) is 63.6 Å². The number of sulfone groups is 1. The molecule has 0 fully saturated rings. The minimum atomic E-state index is -3.11. The fourth-order valence-electron chi connectivity index (χ4n) is 1.40. The maximum atomic E-state index is 11.6. The summed E-state index contributed by atoms with van der Waals surface area (Å²) in [7, 11) is -3.11. The van der Waals surface area contributed by atoms with Gasteiger partial charge in [-0.1, -0.05) is 17.7 Å². The van der Waals surface area contributed by atoms with Crippen LogP contribution < -0.4 is 4.74 Å². The molecule has 108 valence electrons. The normalized spacial score (nSPS) is 13.6. The number of aliphatic hydroxyl groups is 1. The second-order valence-electron chi connectivity index (χ2n) is 4.63. The molecule has 0 aliphatic heterocycles. The Labute approximate surface area is 119 Å². The van der Waals surface area contributed by atoms with E-state index < -0.39 is 21.2 Å². The van der Waals surface area contributed by atoms with E-state index in [2.05, 4.69) is 0 Å². The van der Waals surface area contributed by atoms with E-state index in [0.29, 0.717) is 16.3 Å². The van der Waals surface area contributed by atoms with Crippen molar-refractivity contribution in [1.82, 2.24) is 0 Å². The third kappa shape index (κ3) is 4.67. The van der Waals surface area contributed by atoms with E-state index in [1.54, 1.807) is 39.0 Å². The third-order valence-electron chi connectivity index (χ3n) is 2.78. The highest BCUT2D eigenvalue weighted by molar-refractivity contribution is 7.91.